The van der Waals surface area contributed by atoms with E-state index in [1.54, 1.807) is 24.3 Å². The Kier molecular flexibility index (Phi) is 4.81. The standard InChI is InChI=1S/C13H10ClF3N4O/c14-10-4-2-1-3-9(10)7-18-19-12(22)8-21-6-5-11(20-21)13(15,16)17/h1-7H,8H2,(H,19,22)/b18-7-. The summed E-state index contributed by atoms with van der Waals surface area (Å²) in [5.41, 5.74) is 1.73. The Bertz CT molecular complexity index is 697. The van der Waals surface area contributed by atoms with Gasteiger partial charge in [0.1, 0.15) is 6.54 Å². The first-order chi connectivity index (χ1) is 10.4. The smallest absolute Gasteiger partial charge is 0.271 e. The number of hydrogen-bond acceptors (Lipinski definition) is 3. The molecule has 0 unspecified atom stereocenters. The zero-order chi connectivity index (χ0) is 16.2. The molecule has 1 N–H and O–H groups in total. The zero-order valence-electron chi connectivity index (χ0n) is 11.0. The number of hydrazone groups is 1. The maximum absolute atomic E-state index is 12.4. The van der Waals surface area contributed by atoms with Crippen molar-refractivity contribution in [1.29, 1.82) is 0 Å². The molecule has 1 amide bonds. The van der Waals surface area contributed by atoms with Crippen molar-refractivity contribution in [3.05, 3.63) is 52.8 Å². The van der Waals surface area contributed by atoms with E-state index < -0.39 is 17.8 Å². The topological polar surface area (TPSA) is 59.3 Å². The van der Waals surface area contributed by atoms with Gasteiger partial charge < -0.3 is 0 Å². The molecule has 2 rings (SSSR count). The van der Waals surface area contributed by atoms with Crippen molar-refractivity contribution in [3.8, 4) is 0 Å². The molecule has 1 heterocycles. The number of aromatic nitrogens is 2. The number of alkyl halides is 3. The molecule has 0 aliphatic carbocycles. The molecular weight excluding hydrogens is 321 g/mol. The normalized spacial score (nSPS) is 11.8. The van der Waals surface area contributed by atoms with E-state index in [1.807, 2.05) is 0 Å². The Morgan fingerprint density at radius 3 is 2.73 bits per heavy atom. The molecule has 116 valence electrons. The van der Waals surface area contributed by atoms with E-state index in [4.69, 9.17) is 11.6 Å². The summed E-state index contributed by atoms with van der Waals surface area (Å²) in [4.78, 5) is 11.5. The number of rotatable bonds is 4. The van der Waals surface area contributed by atoms with Gasteiger partial charge in [0, 0.05) is 16.8 Å². The van der Waals surface area contributed by atoms with Crippen LogP contribution in [0.5, 0.6) is 0 Å². The van der Waals surface area contributed by atoms with E-state index in [0.29, 0.717) is 10.6 Å². The molecule has 0 saturated carbocycles. The summed E-state index contributed by atoms with van der Waals surface area (Å²) in [5.74, 6) is -0.611. The van der Waals surface area contributed by atoms with Crippen molar-refractivity contribution < 1.29 is 18.0 Å². The second-order valence-corrected chi connectivity index (χ2v) is 4.62. The minimum absolute atomic E-state index is 0.379. The van der Waals surface area contributed by atoms with Crippen molar-refractivity contribution in [2.45, 2.75) is 12.7 Å². The van der Waals surface area contributed by atoms with Gasteiger partial charge in [0.05, 0.1) is 6.21 Å². The molecule has 2 aromatic rings. The third-order valence-electron chi connectivity index (χ3n) is 2.53. The van der Waals surface area contributed by atoms with Crippen molar-refractivity contribution in [3.63, 3.8) is 0 Å². The summed E-state index contributed by atoms with van der Waals surface area (Å²) >= 11 is 5.89. The number of carbonyl (C=O) groups excluding carboxylic acids is 1. The van der Waals surface area contributed by atoms with Crippen LogP contribution in [-0.4, -0.2) is 21.9 Å². The van der Waals surface area contributed by atoms with Gasteiger partial charge in [0.25, 0.3) is 5.91 Å². The molecule has 0 aliphatic heterocycles. The first-order valence-corrected chi connectivity index (χ1v) is 6.41. The fourth-order valence-corrected chi connectivity index (χ4v) is 1.72. The summed E-state index contributed by atoms with van der Waals surface area (Å²) in [5, 5.41) is 7.40. The van der Waals surface area contributed by atoms with Crippen LogP contribution in [0.1, 0.15) is 11.3 Å². The molecule has 5 nitrogen and oxygen atoms in total. The largest absolute Gasteiger partial charge is 0.435 e. The Morgan fingerprint density at radius 2 is 2.09 bits per heavy atom. The van der Waals surface area contributed by atoms with Gasteiger partial charge in [-0.1, -0.05) is 29.8 Å². The lowest BCUT2D eigenvalue weighted by molar-refractivity contribution is -0.141. The molecule has 0 bridgehead atoms. The van der Waals surface area contributed by atoms with Crippen LogP contribution in [0.3, 0.4) is 0 Å². The van der Waals surface area contributed by atoms with Crippen molar-refractivity contribution in [2.24, 2.45) is 5.10 Å². The Balaban J connectivity index is 1.91. The Hall–Kier alpha value is -2.35. The highest BCUT2D eigenvalue weighted by Crippen LogP contribution is 2.27. The first kappa shape index (κ1) is 16.0. The summed E-state index contributed by atoms with van der Waals surface area (Å²) in [7, 11) is 0. The number of amides is 1. The highest BCUT2D eigenvalue weighted by molar-refractivity contribution is 6.33. The van der Waals surface area contributed by atoms with Gasteiger partial charge in [0.15, 0.2) is 5.69 Å². The van der Waals surface area contributed by atoms with Crippen LogP contribution >= 0.6 is 11.6 Å². The fourth-order valence-electron chi connectivity index (χ4n) is 1.54. The van der Waals surface area contributed by atoms with Gasteiger partial charge in [-0.05, 0) is 12.1 Å². The third-order valence-corrected chi connectivity index (χ3v) is 2.88. The fraction of sp³-hybridized carbons (Fsp3) is 0.154. The minimum Gasteiger partial charge on any atom is -0.271 e. The lowest BCUT2D eigenvalue weighted by atomic mass is 10.2. The highest BCUT2D eigenvalue weighted by atomic mass is 35.5. The van der Waals surface area contributed by atoms with Crippen LogP contribution in [0.2, 0.25) is 5.02 Å². The quantitative estimate of drug-likeness (QED) is 0.692. The van der Waals surface area contributed by atoms with Gasteiger partial charge in [0.2, 0.25) is 0 Å². The van der Waals surface area contributed by atoms with Crippen molar-refractivity contribution in [2.75, 3.05) is 0 Å². The van der Waals surface area contributed by atoms with Gasteiger partial charge in [-0.3, -0.25) is 9.48 Å². The molecule has 0 saturated heterocycles. The van der Waals surface area contributed by atoms with Crippen LogP contribution in [0.15, 0.2) is 41.6 Å². The van der Waals surface area contributed by atoms with Crippen LogP contribution in [-0.2, 0) is 17.5 Å². The number of hydrogen-bond donors (Lipinski definition) is 1. The van der Waals surface area contributed by atoms with Gasteiger partial charge in [-0.15, -0.1) is 0 Å². The molecule has 1 aromatic heterocycles. The van der Waals surface area contributed by atoms with Crippen molar-refractivity contribution in [1.82, 2.24) is 15.2 Å². The molecule has 0 spiro atoms. The molecular formula is C13H10ClF3N4O. The molecule has 0 radical (unpaired) electrons. The number of benzene rings is 1. The second kappa shape index (κ2) is 6.61. The van der Waals surface area contributed by atoms with E-state index >= 15 is 0 Å². The molecule has 0 fully saturated rings. The van der Waals surface area contributed by atoms with Crippen LogP contribution < -0.4 is 5.43 Å². The van der Waals surface area contributed by atoms with E-state index in [9.17, 15) is 18.0 Å². The molecule has 0 aliphatic rings. The van der Waals surface area contributed by atoms with Crippen LogP contribution in [0.4, 0.5) is 13.2 Å². The number of halogens is 4. The molecule has 9 heteroatoms. The Morgan fingerprint density at radius 1 is 1.36 bits per heavy atom. The number of nitrogens with zero attached hydrogens (tertiary/aromatic N) is 3. The summed E-state index contributed by atoms with van der Waals surface area (Å²) in [6, 6.07) is 7.64. The summed E-state index contributed by atoms with van der Waals surface area (Å²) in [6.45, 7) is -0.379. The maximum atomic E-state index is 12.4. The first-order valence-electron chi connectivity index (χ1n) is 6.03. The van der Waals surface area contributed by atoms with Gasteiger partial charge >= 0.3 is 6.18 Å². The van der Waals surface area contributed by atoms with Crippen LogP contribution in [0.25, 0.3) is 0 Å². The average Bonchev–Trinajstić information content (AvgIpc) is 2.89. The lowest BCUT2D eigenvalue weighted by Crippen LogP contribution is -2.23. The Labute approximate surface area is 128 Å². The summed E-state index contributed by atoms with van der Waals surface area (Å²) in [6.07, 6.45) is -2.13. The molecule has 0 atom stereocenters. The van der Waals surface area contributed by atoms with Gasteiger partial charge in [-0.2, -0.15) is 23.4 Å². The third kappa shape index (κ3) is 4.32. The summed E-state index contributed by atoms with van der Waals surface area (Å²) < 4.78 is 37.9. The zero-order valence-corrected chi connectivity index (χ0v) is 11.8. The average molecular weight is 331 g/mol. The van der Waals surface area contributed by atoms with Crippen LogP contribution in [0, 0.1) is 0 Å². The van der Waals surface area contributed by atoms with E-state index in [2.05, 4.69) is 15.6 Å². The monoisotopic (exact) mass is 330 g/mol. The molecule has 1 aromatic carbocycles. The minimum atomic E-state index is -4.54. The van der Waals surface area contributed by atoms with E-state index in [1.165, 1.54) is 6.21 Å². The number of carbonyl (C=O) groups is 1. The van der Waals surface area contributed by atoms with E-state index in [-0.39, 0.29) is 6.54 Å². The predicted octanol–water partition coefficient (Wildman–Crippen LogP) is 2.71. The predicted molar refractivity (Wildman–Crippen MR) is 74.4 cm³/mol. The SMILES string of the molecule is O=C(Cn1ccc(C(F)(F)F)n1)N/N=C\c1ccccc1Cl. The second-order valence-electron chi connectivity index (χ2n) is 4.21. The molecule has 22 heavy (non-hydrogen) atoms. The highest BCUT2D eigenvalue weighted by Gasteiger charge is 2.33. The van der Waals surface area contributed by atoms with Crippen molar-refractivity contribution >= 4 is 23.7 Å². The van der Waals surface area contributed by atoms with Gasteiger partial charge in [-0.25, -0.2) is 5.43 Å². The number of nitrogens with one attached hydrogen (secondary N) is 1. The maximum Gasteiger partial charge on any atom is 0.435 e. The lowest BCUT2D eigenvalue weighted by Gasteiger charge is -2.02. The van der Waals surface area contributed by atoms with E-state index in [0.717, 1.165) is 16.9 Å².